The summed E-state index contributed by atoms with van der Waals surface area (Å²) in [5.41, 5.74) is 1.24. The molecule has 0 saturated carbocycles. The van der Waals surface area contributed by atoms with Gasteiger partial charge in [-0.2, -0.15) is 5.26 Å². The first-order valence-corrected chi connectivity index (χ1v) is 6.63. The number of hydrogen-bond acceptors (Lipinski definition) is 3. The molecule has 1 saturated heterocycles. The van der Waals surface area contributed by atoms with E-state index >= 15 is 0 Å². The van der Waals surface area contributed by atoms with E-state index in [0.29, 0.717) is 17.3 Å². The number of hydrogen-bond donors (Lipinski definition) is 1. The quantitative estimate of drug-likeness (QED) is 0.880. The van der Waals surface area contributed by atoms with Crippen molar-refractivity contribution in [1.82, 2.24) is 5.32 Å². The highest BCUT2D eigenvalue weighted by Gasteiger charge is 2.28. The lowest BCUT2D eigenvalue weighted by atomic mass is 9.92. The number of benzene rings is 1. The minimum absolute atomic E-state index is 0.0491. The second kappa shape index (κ2) is 5.85. The highest BCUT2D eigenvalue weighted by atomic mass is 16.2. The van der Waals surface area contributed by atoms with Crippen molar-refractivity contribution in [2.45, 2.75) is 25.8 Å². The van der Waals surface area contributed by atoms with Crippen molar-refractivity contribution in [3.8, 4) is 6.07 Å². The molecule has 2 rings (SSSR count). The molecule has 1 aliphatic rings. The predicted octanol–water partition coefficient (Wildman–Crippen LogP) is 1.91. The number of anilines is 1. The van der Waals surface area contributed by atoms with Gasteiger partial charge in [0.1, 0.15) is 6.07 Å². The maximum absolute atomic E-state index is 12.5. The molecule has 0 aliphatic carbocycles. The number of piperidine rings is 1. The van der Waals surface area contributed by atoms with Crippen LogP contribution in [0.3, 0.4) is 0 Å². The van der Waals surface area contributed by atoms with Crippen molar-refractivity contribution in [2.75, 3.05) is 18.5 Å². The summed E-state index contributed by atoms with van der Waals surface area (Å²) >= 11 is 0. The van der Waals surface area contributed by atoms with Crippen molar-refractivity contribution in [3.05, 3.63) is 29.8 Å². The summed E-state index contributed by atoms with van der Waals surface area (Å²) < 4.78 is 0. The Bertz CT molecular complexity index is 506. The topological polar surface area (TPSA) is 56.1 Å². The van der Waals surface area contributed by atoms with Crippen LogP contribution in [0.15, 0.2) is 24.3 Å². The van der Waals surface area contributed by atoms with E-state index in [2.05, 4.69) is 18.3 Å². The predicted molar refractivity (Wildman–Crippen MR) is 74.8 cm³/mol. The van der Waals surface area contributed by atoms with Crippen LogP contribution in [0.2, 0.25) is 0 Å². The average molecular weight is 257 g/mol. The van der Waals surface area contributed by atoms with Crippen molar-refractivity contribution in [3.63, 3.8) is 0 Å². The van der Waals surface area contributed by atoms with Gasteiger partial charge in [0.15, 0.2) is 0 Å². The second-order valence-corrected chi connectivity index (χ2v) is 5.10. The van der Waals surface area contributed by atoms with Crippen molar-refractivity contribution in [2.24, 2.45) is 5.92 Å². The first-order valence-electron chi connectivity index (χ1n) is 6.63. The van der Waals surface area contributed by atoms with Gasteiger partial charge in [-0.15, -0.1) is 0 Å². The molecule has 2 atom stereocenters. The van der Waals surface area contributed by atoms with Crippen LogP contribution in [-0.2, 0) is 4.79 Å². The van der Waals surface area contributed by atoms with E-state index in [1.807, 2.05) is 18.2 Å². The standard InChI is InChI=1S/C15H19N3O/c1-11-9-12(7-8-17-11)15(19)18(2)14-6-4-3-5-13(14)10-16/h3-6,11-12,17H,7-9H2,1-2H3. The molecular formula is C15H19N3O. The number of carbonyl (C=O) groups excluding carboxylic acids is 1. The molecule has 0 aromatic heterocycles. The SMILES string of the molecule is CC1CC(C(=O)N(C)c2ccccc2C#N)CCN1. The van der Waals surface area contributed by atoms with Gasteiger partial charge in [0.2, 0.25) is 5.91 Å². The van der Waals surface area contributed by atoms with Gasteiger partial charge in [-0.1, -0.05) is 12.1 Å². The van der Waals surface area contributed by atoms with Crippen LogP contribution in [0, 0.1) is 17.2 Å². The number of carbonyl (C=O) groups is 1. The summed E-state index contributed by atoms with van der Waals surface area (Å²) in [6, 6.07) is 9.74. The van der Waals surface area contributed by atoms with Crippen LogP contribution >= 0.6 is 0 Å². The van der Waals surface area contributed by atoms with E-state index in [-0.39, 0.29) is 11.8 Å². The zero-order chi connectivity index (χ0) is 13.8. The average Bonchev–Trinajstić information content (AvgIpc) is 2.45. The molecule has 0 spiro atoms. The molecule has 1 aromatic rings. The lowest BCUT2D eigenvalue weighted by Gasteiger charge is -2.30. The Morgan fingerprint density at radius 1 is 1.47 bits per heavy atom. The molecule has 4 heteroatoms. The minimum atomic E-state index is 0.0491. The largest absolute Gasteiger partial charge is 0.314 e. The van der Waals surface area contributed by atoms with Crippen LogP contribution in [0.5, 0.6) is 0 Å². The van der Waals surface area contributed by atoms with Gasteiger partial charge in [0.25, 0.3) is 0 Å². The third-order valence-electron chi connectivity index (χ3n) is 3.69. The normalized spacial score (nSPS) is 22.6. The van der Waals surface area contributed by atoms with E-state index < -0.39 is 0 Å². The second-order valence-electron chi connectivity index (χ2n) is 5.10. The van der Waals surface area contributed by atoms with Gasteiger partial charge in [-0.25, -0.2) is 0 Å². The van der Waals surface area contributed by atoms with Gasteiger partial charge in [-0.05, 0) is 38.4 Å². The zero-order valence-electron chi connectivity index (χ0n) is 11.4. The zero-order valence-corrected chi connectivity index (χ0v) is 11.4. The van der Waals surface area contributed by atoms with E-state index in [1.54, 1.807) is 18.0 Å². The van der Waals surface area contributed by atoms with Crippen molar-refractivity contribution >= 4 is 11.6 Å². The molecule has 100 valence electrons. The summed E-state index contributed by atoms with van der Waals surface area (Å²) in [5, 5.41) is 12.4. The summed E-state index contributed by atoms with van der Waals surface area (Å²) in [4.78, 5) is 14.1. The molecular weight excluding hydrogens is 238 g/mol. The number of nitriles is 1. The molecule has 2 unspecified atom stereocenters. The maximum atomic E-state index is 12.5. The van der Waals surface area contributed by atoms with E-state index in [1.165, 1.54) is 0 Å². The van der Waals surface area contributed by atoms with Crippen LogP contribution < -0.4 is 10.2 Å². The summed E-state index contributed by atoms with van der Waals surface area (Å²) in [6.07, 6.45) is 1.72. The maximum Gasteiger partial charge on any atom is 0.229 e. The lowest BCUT2D eigenvalue weighted by molar-refractivity contribution is -0.123. The third kappa shape index (κ3) is 2.94. The first-order chi connectivity index (χ1) is 9.13. The van der Waals surface area contributed by atoms with E-state index in [9.17, 15) is 4.79 Å². The highest BCUT2D eigenvalue weighted by molar-refractivity contribution is 5.95. The van der Waals surface area contributed by atoms with Crippen LogP contribution in [0.1, 0.15) is 25.3 Å². The Balaban J connectivity index is 2.17. The smallest absolute Gasteiger partial charge is 0.229 e. The molecule has 4 nitrogen and oxygen atoms in total. The van der Waals surface area contributed by atoms with Gasteiger partial charge >= 0.3 is 0 Å². The molecule has 1 fully saturated rings. The van der Waals surface area contributed by atoms with Crippen LogP contribution in [0.25, 0.3) is 0 Å². The van der Waals surface area contributed by atoms with Crippen molar-refractivity contribution in [1.29, 1.82) is 5.26 Å². The van der Waals surface area contributed by atoms with Crippen LogP contribution in [-0.4, -0.2) is 25.5 Å². The summed E-state index contributed by atoms with van der Waals surface area (Å²) in [7, 11) is 1.76. The molecule has 0 radical (unpaired) electrons. The Morgan fingerprint density at radius 3 is 2.89 bits per heavy atom. The molecule has 1 heterocycles. The highest BCUT2D eigenvalue weighted by Crippen LogP contribution is 2.24. The number of amides is 1. The van der Waals surface area contributed by atoms with Gasteiger partial charge in [0.05, 0.1) is 11.3 Å². The summed E-state index contributed by atoms with van der Waals surface area (Å²) in [5.74, 6) is 0.157. The number of para-hydroxylation sites is 1. The van der Waals surface area contributed by atoms with Crippen molar-refractivity contribution < 1.29 is 4.79 Å². The Hall–Kier alpha value is -1.86. The minimum Gasteiger partial charge on any atom is -0.314 e. The Labute approximate surface area is 114 Å². The van der Waals surface area contributed by atoms with E-state index in [0.717, 1.165) is 19.4 Å². The molecule has 1 aliphatic heterocycles. The molecule has 1 aromatic carbocycles. The number of nitrogens with one attached hydrogen (secondary N) is 1. The first kappa shape index (κ1) is 13.6. The molecule has 1 N–H and O–H groups in total. The fraction of sp³-hybridized carbons (Fsp3) is 0.467. The van der Waals surface area contributed by atoms with Gasteiger partial charge < -0.3 is 10.2 Å². The fourth-order valence-corrected chi connectivity index (χ4v) is 2.61. The lowest BCUT2D eigenvalue weighted by Crippen LogP contribution is -2.43. The number of nitrogens with zero attached hydrogens (tertiary/aromatic N) is 2. The fourth-order valence-electron chi connectivity index (χ4n) is 2.61. The van der Waals surface area contributed by atoms with Gasteiger partial charge in [0, 0.05) is 19.0 Å². The monoisotopic (exact) mass is 257 g/mol. The third-order valence-corrected chi connectivity index (χ3v) is 3.69. The molecule has 19 heavy (non-hydrogen) atoms. The Morgan fingerprint density at radius 2 is 2.21 bits per heavy atom. The molecule has 0 bridgehead atoms. The molecule has 1 amide bonds. The Kier molecular flexibility index (Phi) is 4.18. The van der Waals surface area contributed by atoms with E-state index in [4.69, 9.17) is 5.26 Å². The van der Waals surface area contributed by atoms with Crippen LogP contribution in [0.4, 0.5) is 5.69 Å². The summed E-state index contributed by atoms with van der Waals surface area (Å²) in [6.45, 7) is 2.98. The number of rotatable bonds is 2. The van der Waals surface area contributed by atoms with Gasteiger partial charge in [-0.3, -0.25) is 4.79 Å².